The van der Waals surface area contributed by atoms with Crippen LogP contribution in [-0.2, 0) is 9.84 Å². The fraction of sp³-hybridized carbons (Fsp3) is 0.500. The molecule has 17 heavy (non-hydrogen) atoms. The Balaban J connectivity index is 2.59. The van der Waals surface area contributed by atoms with Crippen LogP contribution in [0.15, 0.2) is 27.6 Å². The summed E-state index contributed by atoms with van der Waals surface area (Å²) in [6.45, 7) is 2.02. The zero-order valence-corrected chi connectivity index (χ0v) is 12.3. The molecule has 5 heteroatoms. The number of fused-ring (bicyclic) bond motifs is 1. The molecule has 94 valence electrons. The lowest BCUT2D eigenvalue weighted by Gasteiger charge is -2.17. The van der Waals surface area contributed by atoms with Gasteiger partial charge in [-0.3, -0.25) is 0 Å². The maximum atomic E-state index is 12.4. The molecule has 1 N–H and O–H groups in total. The zero-order valence-electron chi connectivity index (χ0n) is 9.90. The number of benzene rings is 1. The summed E-state index contributed by atoms with van der Waals surface area (Å²) < 4.78 is 25.7. The van der Waals surface area contributed by atoms with Crippen molar-refractivity contribution in [3.8, 4) is 0 Å². The topological polar surface area (TPSA) is 46.2 Å². The predicted octanol–water partition coefficient (Wildman–Crippen LogP) is 2.67. The lowest BCUT2D eigenvalue weighted by Crippen LogP contribution is -2.29. The molecule has 1 aromatic carbocycles. The van der Waals surface area contributed by atoms with Gasteiger partial charge in [0.05, 0.1) is 16.2 Å². The van der Waals surface area contributed by atoms with Crippen LogP contribution >= 0.6 is 15.9 Å². The third-order valence-corrected chi connectivity index (χ3v) is 6.05. The van der Waals surface area contributed by atoms with Gasteiger partial charge in [0.2, 0.25) is 0 Å². The zero-order chi connectivity index (χ0) is 12.6. The van der Waals surface area contributed by atoms with E-state index < -0.39 is 9.84 Å². The van der Waals surface area contributed by atoms with E-state index in [-0.39, 0.29) is 11.3 Å². The minimum atomic E-state index is -3.17. The molecule has 3 nitrogen and oxygen atoms in total. The van der Waals surface area contributed by atoms with Crippen LogP contribution in [0.25, 0.3) is 0 Å². The summed E-state index contributed by atoms with van der Waals surface area (Å²) in [5.74, 6) is 0. The maximum Gasteiger partial charge on any atom is 0.183 e. The molecule has 0 amide bonds. The van der Waals surface area contributed by atoms with Crippen molar-refractivity contribution in [1.29, 1.82) is 0 Å². The summed E-state index contributed by atoms with van der Waals surface area (Å²) in [6, 6.07) is 5.31. The molecule has 1 heterocycles. The molecule has 2 atom stereocenters. The number of rotatable bonds is 3. The largest absolute Gasteiger partial charge is 0.312 e. The second kappa shape index (κ2) is 4.71. The van der Waals surface area contributed by atoms with Crippen LogP contribution < -0.4 is 5.32 Å². The Hall–Kier alpha value is -0.390. The van der Waals surface area contributed by atoms with Crippen LogP contribution in [0.3, 0.4) is 0 Å². The summed E-state index contributed by atoms with van der Waals surface area (Å²) >= 11 is 3.40. The van der Waals surface area contributed by atoms with Crippen molar-refractivity contribution in [2.24, 2.45) is 0 Å². The van der Waals surface area contributed by atoms with E-state index in [0.717, 1.165) is 16.5 Å². The third kappa shape index (κ3) is 2.04. The van der Waals surface area contributed by atoms with Crippen LogP contribution in [0, 0.1) is 0 Å². The Bertz CT molecular complexity index is 527. The van der Waals surface area contributed by atoms with Gasteiger partial charge in [0.1, 0.15) is 0 Å². The highest BCUT2D eigenvalue weighted by atomic mass is 79.9. The Labute approximate surface area is 111 Å². The van der Waals surface area contributed by atoms with E-state index in [1.807, 2.05) is 20.0 Å². The summed E-state index contributed by atoms with van der Waals surface area (Å²) in [4.78, 5) is 0.485. The molecule has 0 aromatic heterocycles. The fourth-order valence-electron chi connectivity index (χ4n) is 2.51. The Kier molecular flexibility index (Phi) is 3.61. The van der Waals surface area contributed by atoms with Crippen molar-refractivity contribution in [2.75, 3.05) is 7.05 Å². The lowest BCUT2D eigenvalue weighted by atomic mass is 10.0. The van der Waals surface area contributed by atoms with Gasteiger partial charge < -0.3 is 5.32 Å². The molecule has 1 aliphatic rings. The first kappa shape index (κ1) is 13.1. The summed E-state index contributed by atoms with van der Waals surface area (Å²) in [5.41, 5.74) is 0.889. The number of hydrogen-bond acceptors (Lipinski definition) is 3. The molecule has 1 aliphatic heterocycles. The van der Waals surface area contributed by atoms with Crippen molar-refractivity contribution in [1.82, 2.24) is 5.32 Å². The van der Waals surface area contributed by atoms with Gasteiger partial charge in [0.15, 0.2) is 9.84 Å². The number of sulfone groups is 1. The van der Waals surface area contributed by atoms with Gasteiger partial charge in [-0.05, 0) is 37.2 Å². The maximum absolute atomic E-state index is 12.4. The predicted molar refractivity (Wildman–Crippen MR) is 71.8 cm³/mol. The van der Waals surface area contributed by atoms with Gasteiger partial charge in [-0.2, -0.15) is 0 Å². The van der Waals surface area contributed by atoms with E-state index in [9.17, 15) is 8.42 Å². The van der Waals surface area contributed by atoms with Gasteiger partial charge in [-0.15, -0.1) is 0 Å². The monoisotopic (exact) mass is 317 g/mol. The second-order valence-corrected chi connectivity index (χ2v) is 7.37. The van der Waals surface area contributed by atoms with Crippen molar-refractivity contribution in [3.63, 3.8) is 0 Å². The minimum absolute atomic E-state index is 0.0903. The Morgan fingerprint density at radius 1 is 1.41 bits per heavy atom. The van der Waals surface area contributed by atoms with Crippen molar-refractivity contribution in [3.05, 3.63) is 28.2 Å². The molecule has 1 aromatic rings. The Morgan fingerprint density at radius 3 is 2.71 bits per heavy atom. The molecule has 0 saturated heterocycles. The lowest BCUT2D eigenvalue weighted by molar-refractivity contribution is 0.513. The minimum Gasteiger partial charge on any atom is -0.312 e. The molecule has 0 saturated carbocycles. The van der Waals surface area contributed by atoms with E-state index in [1.54, 1.807) is 12.1 Å². The van der Waals surface area contributed by atoms with Crippen LogP contribution in [0.1, 0.15) is 31.4 Å². The normalized spacial score (nSPS) is 25.8. The molecule has 0 aliphatic carbocycles. The molecule has 0 fully saturated rings. The van der Waals surface area contributed by atoms with E-state index in [1.165, 1.54) is 0 Å². The third-order valence-electron chi connectivity index (χ3n) is 3.27. The highest BCUT2D eigenvalue weighted by Gasteiger charge is 2.43. The van der Waals surface area contributed by atoms with Crippen molar-refractivity contribution >= 4 is 25.8 Å². The van der Waals surface area contributed by atoms with Crippen molar-refractivity contribution in [2.45, 2.75) is 36.0 Å². The molecule has 0 bridgehead atoms. The standard InChI is InChI=1S/C12H16BrNO2S/c1-3-4-11-12(14-2)9-7-8(13)5-6-10(9)17(11,15)16/h5-7,11-12,14H,3-4H2,1-2H3. The number of halogens is 1. The molecule has 2 rings (SSSR count). The van der Waals surface area contributed by atoms with E-state index >= 15 is 0 Å². The molecule has 2 unspecified atom stereocenters. The second-order valence-electron chi connectivity index (χ2n) is 4.32. The van der Waals surface area contributed by atoms with Crippen LogP contribution in [0.5, 0.6) is 0 Å². The first-order chi connectivity index (χ1) is 8.02. The molecule has 0 radical (unpaired) electrons. The van der Waals surface area contributed by atoms with Crippen LogP contribution in [0.2, 0.25) is 0 Å². The number of nitrogens with one attached hydrogen (secondary N) is 1. The smallest absolute Gasteiger partial charge is 0.183 e. The average Bonchev–Trinajstić information content (AvgIpc) is 2.48. The van der Waals surface area contributed by atoms with Gasteiger partial charge in [0.25, 0.3) is 0 Å². The Morgan fingerprint density at radius 2 is 2.12 bits per heavy atom. The molecular formula is C12H16BrNO2S. The van der Waals surface area contributed by atoms with Crippen LogP contribution in [-0.4, -0.2) is 20.7 Å². The SMILES string of the molecule is CCCC1C(NC)c2cc(Br)ccc2S1(=O)=O. The quantitative estimate of drug-likeness (QED) is 0.932. The van der Waals surface area contributed by atoms with Crippen molar-refractivity contribution < 1.29 is 8.42 Å². The molecule has 0 spiro atoms. The van der Waals surface area contributed by atoms with Gasteiger partial charge in [0, 0.05) is 4.47 Å². The fourth-order valence-corrected chi connectivity index (χ4v) is 5.18. The van der Waals surface area contributed by atoms with Crippen LogP contribution in [0.4, 0.5) is 0 Å². The highest BCUT2D eigenvalue weighted by Crippen LogP contribution is 2.41. The number of hydrogen-bond donors (Lipinski definition) is 1. The first-order valence-electron chi connectivity index (χ1n) is 5.73. The summed E-state index contributed by atoms with van der Waals surface area (Å²) in [5, 5.41) is 2.81. The molecular weight excluding hydrogens is 302 g/mol. The first-order valence-corrected chi connectivity index (χ1v) is 8.07. The van der Waals surface area contributed by atoms with E-state index in [4.69, 9.17) is 0 Å². The summed E-state index contributed by atoms with van der Waals surface area (Å²) in [7, 11) is -1.35. The van der Waals surface area contributed by atoms with E-state index in [0.29, 0.717) is 11.3 Å². The average molecular weight is 318 g/mol. The van der Waals surface area contributed by atoms with Gasteiger partial charge >= 0.3 is 0 Å². The van der Waals surface area contributed by atoms with Gasteiger partial charge in [-0.1, -0.05) is 29.3 Å². The van der Waals surface area contributed by atoms with Gasteiger partial charge in [-0.25, -0.2) is 8.42 Å². The van der Waals surface area contributed by atoms with E-state index in [2.05, 4.69) is 21.2 Å². The highest BCUT2D eigenvalue weighted by molar-refractivity contribution is 9.10. The summed E-state index contributed by atoms with van der Waals surface area (Å²) in [6.07, 6.45) is 1.57.